The highest BCUT2D eigenvalue weighted by atomic mass is 32.2. The number of thioether (sulfide) groups is 1. The number of Topliss-reactive ketones (excluding diaryl/α,β-unsaturated/α-hetero) is 1. The minimum atomic E-state index is -0.237. The highest BCUT2D eigenvalue weighted by molar-refractivity contribution is 7.99. The number of hydrogen-bond donors (Lipinski definition) is 2. The SMILES string of the molecule is C=CCn1c(SCC(=O)Nc2ccc(C(C)=O)cc2)nc2c([nH]c3ccccc32)c1=O. The van der Waals surface area contributed by atoms with Crippen molar-refractivity contribution in [3.05, 3.63) is 77.1 Å². The first-order valence-electron chi connectivity index (χ1n) is 9.63. The van der Waals surface area contributed by atoms with Crippen LogP contribution in [0.1, 0.15) is 17.3 Å². The van der Waals surface area contributed by atoms with E-state index in [1.807, 2.05) is 24.3 Å². The monoisotopic (exact) mass is 432 g/mol. The van der Waals surface area contributed by atoms with Crippen LogP contribution in [0.2, 0.25) is 0 Å². The third kappa shape index (κ3) is 4.15. The number of anilines is 1. The molecular formula is C23H20N4O3S. The maximum atomic E-state index is 13.0. The summed E-state index contributed by atoms with van der Waals surface area (Å²) in [6.07, 6.45) is 1.62. The van der Waals surface area contributed by atoms with E-state index in [4.69, 9.17) is 0 Å². The number of rotatable bonds is 7. The Bertz CT molecular complexity index is 1370. The summed E-state index contributed by atoms with van der Waals surface area (Å²) in [5, 5.41) is 4.10. The minimum Gasteiger partial charge on any atom is -0.349 e. The van der Waals surface area contributed by atoms with E-state index in [9.17, 15) is 14.4 Å². The summed E-state index contributed by atoms with van der Waals surface area (Å²) < 4.78 is 1.50. The molecule has 0 atom stereocenters. The van der Waals surface area contributed by atoms with Gasteiger partial charge in [-0.15, -0.1) is 6.58 Å². The number of H-pyrrole nitrogens is 1. The second-order valence-electron chi connectivity index (χ2n) is 6.96. The van der Waals surface area contributed by atoms with E-state index in [-0.39, 0.29) is 29.5 Å². The van der Waals surface area contributed by atoms with Crippen molar-refractivity contribution < 1.29 is 9.59 Å². The van der Waals surface area contributed by atoms with Gasteiger partial charge in [-0.05, 0) is 37.3 Å². The zero-order valence-corrected chi connectivity index (χ0v) is 17.7. The third-order valence-corrected chi connectivity index (χ3v) is 5.77. The molecule has 8 heteroatoms. The van der Waals surface area contributed by atoms with E-state index in [1.54, 1.807) is 30.3 Å². The number of carbonyl (C=O) groups is 2. The number of ketones is 1. The number of para-hydroxylation sites is 1. The largest absolute Gasteiger partial charge is 0.349 e. The summed E-state index contributed by atoms with van der Waals surface area (Å²) in [7, 11) is 0. The van der Waals surface area contributed by atoms with Gasteiger partial charge in [0.2, 0.25) is 5.91 Å². The lowest BCUT2D eigenvalue weighted by Gasteiger charge is -2.10. The normalized spacial score (nSPS) is 11.0. The Morgan fingerprint density at radius 2 is 1.94 bits per heavy atom. The van der Waals surface area contributed by atoms with Gasteiger partial charge in [0.05, 0.1) is 5.75 Å². The van der Waals surface area contributed by atoms with Crippen LogP contribution in [0.15, 0.2) is 71.1 Å². The van der Waals surface area contributed by atoms with Crippen LogP contribution in [0.5, 0.6) is 0 Å². The number of allylic oxidation sites excluding steroid dienone is 1. The van der Waals surface area contributed by atoms with Crippen LogP contribution >= 0.6 is 11.8 Å². The van der Waals surface area contributed by atoms with Crippen LogP contribution in [0.25, 0.3) is 21.9 Å². The molecule has 31 heavy (non-hydrogen) atoms. The van der Waals surface area contributed by atoms with Crippen molar-refractivity contribution in [2.24, 2.45) is 0 Å². The van der Waals surface area contributed by atoms with Crippen LogP contribution in [-0.4, -0.2) is 32.0 Å². The predicted molar refractivity (Wildman–Crippen MR) is 124 cm³/mol. The first-order chi connectivity index (χ1) is 15.0. The average molecular weight is 433 g/mol. The molecule has 1 amide bonds. The van der Waals surface area contributed by atoms with Gasteiger partial charge in [-0.1, -0.05) is 36.0 Å². The van der Waals surface area contributed by atoms with Gasteiger partial charge in [-0.2, -0.15) is 0 Å². The summed E-state index contributed by atoms with van der Waals surface area (Å²) in [5.74, 6) is -0.197. The topological polar surface area (TPSA) is 96.8 Å². The van der Waals surface area contributed by atoms with Gasteiger partial charge in [0.1, 0.15) is 11.0 Å². The zero-order valence-electron chi connectivity index (χ0n) is 16.8. The Labute approximate surface area is 182 Å². The van der Waals surface area contributed by atoms with Crippen molar-refractivity contribution in [3.8, 4) is 0 Å². The van der Waals surface area contributed by atoms with Crippen LogP contribution in [-0.2, 0) is 11.3 Å². The second kappa shape index (κ2) is 8.61. The van der Waals surface area contributed by atoms with E-state index in [1.165, 1.54) is 23.3 Å². The summed E-state index contributed by atoms with van der Waals surface area (Å²) in [6, 6.07) is 14.3. The second-order valence-corrected chi connectivity index (χ2v) is 7.91. The Hall–Kier alpha value is -3.65. The Balaban J connectivity index is 1.59. The fourth-order valence-corrected chi connectivity index (χ4v) is 4.09. The van der Waals surface area contributed by atoms with Gasteiger partial charge in [0, 0.05) is 28.7 Å². The van der Waals surface area contributed by atoms with Crippen molar-refractivity contribution >= 4 is 51.1 Å². The molecule has 2 heterocycles. The number of amides is 1. The summed E-state index contributed by atoms with van der Waals surface area (Å²) in [6.45, 7) is 5.50. The molecule has 0 unspecified atom stereocenters. The smallest absolute Gasteiger partial charge is 0.278 e. The highest BCUT2D eigenvalue weighted by Gasteiger charge is 2.16. The number of aromatic nitrogens is 3. The standard InChI is InChI=1S/C23H20N4O3S/c1-3-12-27-22(30)21-20(17-6-4-5-7-18(17)25-21)26-23(27)31-13-19(29)24-16-10-8-15(9-11-16)14(2)28/h3-11,25H,1,12-13H2,2H3,(H,24,29). The molecule has 2 aromatic heterocycles. The molecule has 156 valence electrons. The lowest BCUT2D eigenvalue weighted by molar-refractivity contribution is -0.113. The van der Waals surface area contributed by atoms with Crippen LogP contribution in [0, 0.1) is 0 Å². The molecule has 2 N–H and O–H groups in total. The van der Waals surface area contributed by atoms with Crippen molar-refractivity contribution in [1.82, 2.24) is 14.5 Å². The number of nitrogens with one attached hydrogen (secondary N) is 2. The minimum absolute atomic E-state index is 0.0348. The predicted octanol–water partition coefficient (Wildman–Crippen LogP) is 4.00. The van der Waals surface area contributed by atoms with Gasteiger partial charge in [0.25, 0.3) is 5.56 Å². The molecule has 0 radical (unpaired) electrons. The Kier molecular flexibility index (Phi) is 5.73. The van der Waals surface area contributed by atoms with Gasteiger partial charge < -0.3 is 10.3 Å². The number of nitrogens with zero attached hydrogens (tertiary/aromatic N) is 2. The molecule has 7 nitrogen and oxygen atoms in total. The fourth-order valence-electron chi connectivity index (χ4n) is 3.29. The molecule has 0 aliphatic carbocycles. The number of hydrogen-bond acceptors (Lipinski definition) is 5. The molecular weight excluding hydrogens is 412 g/mol. The van der Waals surface area contributed by atoms with Crippen molar-refractivity contribution in [3.63, 3.8) is 0 Å². The fraction of sp³-hybridized carbons (Fsp3) is 0.130. The van der Waals surface area contributed by atoms with Crippen molar-refractivity contribution in [1.29, 1.82) is 0 Å². The maximum Gasteiger partial charge on any atom is 0.278 e. The summed E-state index contributed by atoms with van der Waals surface area (Å²) in [5.41, 5.74) is 2.83. The number of benzene rings is 2. The lowest BCUT2D eigenvalue weighted by atomic mass is 10.1. The first-order valence-corrected chi connectivity index (χ1v) is 10.6. The van der Waals surface area contributed by atoms with Gasteiger partial charge >= 0.3 is 0 Å². The van der Waals surface area contributed by atoms with Gasteiger partial charge in [-0.25, -0.2) is 4.98 Å². The van der Waals surface area contributed by atoms with E-state index in [0.29, 0.717) is 27.4 Å². The highest BCUT2D eigenvalue weighted by Crippen LogP contribution is 2.24. The molecule has 0 spiro atoms. The zero-order chi connectivity index (χ0) is 22.0. The van der Waals surface area contributed by atoms with Crippen LogP contribution in [0.3, 0.4) is 0 Å². The number of aromatic amines is 1. The maximum absolute atomic E-state index is 13.0. The molecule has 4 aromatic rings. The summed E-state index contributed by atoms with van der Waals surface area (Å²) in [4.78, 5) is 44.7. The molecule has 0 aliphatic rings. The summed E-state index contributed by atoms with van der Waals surface area (Å²) >= 11 is 1.19. The molecule has 4 rings (SSSR count). The van der Waals surface area contributed by atoms with Crippen molar-refractivity contribution in [2.75, 3.05) is 11.1 Å². The molecule has 0 fully saturated rings. The average Bonchev–Trinajstić information content (AvgIpc) is 3.14. The van der Waals surface area contributed by atoms with Crippen molar-refractivity contribution in [2.45, 2.75) is 18.6 Å². The molecule has 0 bridgehead atoms. The molecule has 0 saturated heterocycles. The molecule has 0 aliphatic heterocycles. The molecule has 0 saturated carbocycles. The van der Waals surface area contributed by atoms with E-state index < -0.39 is 0 Å². The van der Waals surface area contributed by atoms with E-state index in [0.717, 1.165) is 10.9 Å². The third-order valence-electron chi connectivity index (χ3n) is 4.80. The first kappa shape index (κ1) is 20.6. The van der Waals surface area contributed by atoms with Crippen LogP contribution < -0.4 is 10.9 Å². The van der Waals surface area contributed by atoms with Gasteiger partial charge in [-0.3, -0.25) is 19.0 Å². The number of carbonyl (C=O) groups excluding carboxylic acids is 2. The van der Waals surface area contributed by atoms with Gasteiger partial charge in [0.15, 0.2) is 10.9 Å². The molecule has 2 aromatic carbocycles. The van der Waals surface area contributed by atoms with E-state index >= 15 is 0 Å². The Morgan fingerprint density at radius 1 is 1.19 bits per heavy atom. The van der Waals surface area contributed by atoms with Crippen LogP contribution in [0.4, 0.5) is 5.69 Å². The lowest BCUT2D eigenvalue weighted by Crippen LogP contribution is -2.23. The number of fused-ring (bicyclic) bond motifs is 3. The quantitative estimate of drug-likeness (QED) is 0.199. The van der Waals surface area contributed by atoms with E-state index in [2.05, 4.69) is 21.9 Å². The Morgan fingerprint density at radius 3 is 2.65 bits per heavy atom.